The van der Waals surface area contributed by atoms with Crippen LogP contribution in [0, 0.1) is 12.1 Å². The molecule has 299 valence electrons. The van der Waals surface area contributed by atoms with E-state index in [0.717, 1.165) is 55.6 Å². The van der Waals surface area contributed by atoms with Crippen LogP contribution in [-0.4, -0.2) is 14.5 Å². The summed E-state index contributed by atoms with van der Waals surface area (Å²) in [6.07, 6.45) is 1.87. The average Bonchev–Trinajstić information content (AvgIpc) is 3.87. The number of hydrogen-bond acceptors (Lipinski definition) is 3. The van der Waals surface area contributed by atoms with E-state index >= 15 is 0 Å². The van der Waals surface area contributed by atoms with Crippen LogP contribution in [0.25, 0.3) is 94.0 Å². The molecule has 3 aromatic heterocycles. The molecule has 0 unspecified atom stereocenters. The summed E-state index contributed by atoms with van der Waals surface area (Å²) in [7, 11) is 0. The number of pyridine rings is 1. The second-order valence-electron chi connectivity index (χ2n) is 16.0. The molecule has 0 aliphatic rings. The molecule has 4 nitrogen and oxygen atoms in total. The van der Waals surface area contributed by atoms with Crippen LogP contribution in [0.4, 0.5) is 0 Å². The van der Waals surface area contributed by atoms with Crippen molar-refractivity contribution in [2.75, 3.05) is 0 Å². The molecular formula is C56H43IrN3O-2. The van der Waals surface area contributed by atoms with Crippen molar-refractivity contribution in [1.29, 1.82) is 0 Å². The molecule has 0 fully saturated rings. The molecule has 3 heterocycles. The van der Waals surface area contributed by atoms with Crippen LogP contribution >= 0.6 is 0 Å². The second kappa shape index (κ2) is 16.8. The first-order chi connectivity index (χ1) is 29.4. The predicted octanol–water partition coefficient (Wildman–Crippen LogP) is 15.2. The van der Waals surface area contributed by atoms with Crippen molar-refractivity contribution in [1.82, 2.24) is 14.5 Å². The van der Waals surface area contributed by atoms with Crippen molar-refractivity contribution in [2.45, 2.75) is 39.5 Å². The molecule has 1 radical (unpaired) electrons. The van der Waals surface area contributed by atoms with E-state index in [2.05, 4.69) is 171 Å². The zero-order chi connectivity index (χ0) is 40.7. The van der Waals surface area contributed by atoms with Gasteiger partial charge >= 0.3 is 0 Å². The van der Waals surface area contributed by atoms with E-state index in [1.165, 1.54) is 49.5 Å². The Balaban J connectivity index is 0.000000198. The van der Waals surface area contributed by atoms with Crippen LogP contribution in [0.5, 0.6) is 0 Å². The summed E-state index contributed by atoms with van der Waals surface area (Å²) >= 11 is 0. The summed E-state index contributed by atoms with van der Waals surface area (Å²) < 4.78 is 8.26. The van der Waals surface area contributed by atoms with Crippen molar-refractivity contribution >= 4 is 54.5 Å². The van der Waals surface area contributed by atoms with Gasteiger partial charge in [-0.25, -0.2) is 0 Å². The Morgan fingerprint density at radius 2 is 1.23 bits per heavy atom. The topological polar surface area (TPSA) is 43.9 Å². The van der Waals surface area contributed by atoms with Gasteiger partial charge in [-0.15, -0.1) is 65.0 Å². The van der Waals surface area contributed by atoms with Gasteiger partial charge in [0.2, 0.25) is 0 Å². The molecule has 11 rings (SSSR count). The maximum atomic E-state index is 5.86. The zero-order valence-corrected chi connectivity index (χ0v) is 36.9. The van der Waals surface area contributed by atoms with Crippen molar-refractivity contribution in [3.63, 3.8) is 0 Å². The minimum Gasteiger partial charge on any atom is -0.457 e. The van der Waals surface area contributed by atoms with Crippen LogP contribution < -0.4 is 0 Å². The second-order valence-corrected chi connectivity index (χ2v) is 16.0. The third-order valence-corrected chi connectivity index (χ3v) is 11.5. The van der Waals surface area contributed by atoms with Gasteiger partial charge in [-0.2, -0.15) is 0 Å². The van der Waals surface area contributed by atoms with Crippen LogP contribution in [-0.2, 0) is 20.1 Å². The SMILES string of the molecule is CC(C)c1cc(-c2ccccc2)cc(C(C)C)c1-n1c(-c2[c-]cc3c(ccc4ccccc43)c2)nc2ccccc21.[Ir].[c-]1ccccc1-c1cc2oc3ccccc3c2cn1. The smallest absolute Gasteiger partial charge is 0.135 e. The van der Waals surface area contributed by atoms with E-state index in [4.69, 9.17) is 9.40 Å². The fourth-order valence-corrected chi connectivity index (χ4v) is 8.44. The summed E-state index contributed by atoms with van der Waals surface area (Å²) in [5, 5.41) is 7.07. The van der Waals surface area contributed by atoms with Gasteiger partial charge in [-0.3, -0.25) is 4.98 Å². The number of para-hydroxylation sites is 3. The average molecular weight is 966 g/mol. The summed E-state index contributed by atoms with van der Waals surface area (Å²) in [6.45, 7) is 9.18. The Labute approximate surface area is 369 Å². The summed E-state index contributed by atoms with van der Waals surface area (Å²) in [5.74, 6) is 1.58. The number of imidazole rings is 1. The molecule has 5 heteroatoms. The molecular weight excluding hydrogens is 923 g/mol. The Bertz CT molecular complexity index is 3300. The standard InChI is InChI=1S/C39H33N2.C17H10NO.Ir/c1-25(2)34-23-31(27-12-6-5-7-13-27)24-35(26(3)4)38(34)41-37-17-11-10-16-36(37)40-39(41)30-20-21-33-29(22-30)19-18-28-14-8-9-15-32(28)33;1-2-6-12(7-3-1)15-10-17-14(11-18-15)13-8-4-5-9-16(13)19-17;/h5-19,21-26H,1-4H3;1-6,8-11H;/q2*-1;. The first-order valence-electron chi connectivity index (χ1n) is 20.7. The van der Waals surface area contributed by atoms with Gasteiger partial charge < -0.3 is 14.0 Å². The predicted molar refractivity (Wildman–Crippen MR) is 250 cm³/mol. The molecule has 0 spiro atoms. The number of hydrogen-bond donors (Lipinski definition) is 0. The Kier molecular flexibility index (Phi) is 10.9. The van der Waals surface area contributed by atoms with Crippen LogP contribution in [0.2, 0.25) is 0 Å². The number of fused-ring (bicyclic) bond motifs is 7. The maximum Gasteiger partial charge on any atom is 0.135 e. The van der Waals surface area contributed by atoms with Gasteiger partial charge in [0.1, 0.15) is 11.2 Å². The molecule has 0 atom stereocenters. The summed E-state index contributed by atoms with van der Waals surface area (Å²) in [6, 6.07) is 66.0. The Morgan fingerprint density at radius 1 is 0.541 bits per heavy atom. The zero-order valence-electron chi connectivity index (χ0n) is 34.5. The Morgan fingerprint density at radius 3 is 2.00 bits per heavy atom. The molecule has 0 aliphatic carbocycles. The fourth-order valence-electron chi connectivity index (χ4n) is 8.44. The van der Waals surface area contributed by atoms with Crippen LogP contribution in [0.1, 0.15) is 50.7 Å². The molecule has 8 aromatic carbocycles. The van der Waals surface area contributed by atoms with E-state index < -0.39 is 0 Å². The fraction of sp³-hybridized carbons (Fsp3) is 0.107. The molecule has 0 saturated heterocycles. The molecule has 61 heavy (non-hydrogen) atoms. The number of nitrogens with zero attached hydrogens (tertiary/aromatic N) is 3. The summed E-state index contributed by atoms with van der Waals surface area (Å²) in [4.78, 5) is 9.75. The van der Waals surface area contributed by atoms with E-state index in [-0.39, 0.29) is 20.1 Å². The van der Waals surface area contributed by atoms with Crippen LogP contribution in [0.15, 0.2) is 180 Å². The van der Waals surface area contributed by atoms with Crippen molar-refractivity contribution in [3.8, 4) is 39.5 Å². The third-order valence-electron chi connectivity index (χ3n) is 11.5. The third kappa shape index (κ3) is 7.46. The largest absolute Gasteiger partial charge is 0.457 e. The van der Waals surface area contributed by atoms with E-state index in [0.29, 0.717) is 11.8 Å². The molecule has 11 aromatic rings. The molecule has 0 aliphatic heterocycles. The Hall–Kier alpha value is -6.65. The minimum atomic E-state index is 0. The van der Waals surface area contributed by atoms with E-state index in [1.807, 2.05) is 54.7 Å². The van der Waals surface area contributed by atoms with E-state index in [1.54, 1.807) is 0 Å². The summed E-state index contributed by atoms with van der Waals surface area (Å²) in [5.41, 5.74) is 13.1. The molecule has 0 N–H and O–H groups in total. The number of furan rings is 1. The van der Waals surface area contributed by atoms with Gasteiger partial charge in [0.15, 0.2) is 0 Å². The quantitative estimate of drug-likeness (QED) is 0.123. The first-order valence-corrected chi connectivity index (χ1v) is 20.7. The normalized spacial score (nSPS) is 11.4. The molecule has 0 saturated carbocycles. The van der Waals surface area contributed by atoms with Crippen molar-refractivity contribution < 1.29 is 24.5 Å². The van der Waals surface area contributed by atoms with E-state index in [9.17, 15) is 0 Å². The van der Waals surface area contributed by atoms with Crippen LogP contribution in [0.3, 0.4) is 0 Å². The van der Waals surface area contributed by atoms with Crippen molar-refractivity contribution in [2.24, 2.45) is 0 Å². The number of rotatable bonds is 6. The number of benzene rings is 8. The van der Waals surface area contributed by atoms with Gasteiger partial charge in [0, 0.05) is 42.8 Å². The number of aromatic nitrogens is 3. The molecule has 0 amide bonds. The monoisotopic (exact) mass is 966 g/mol. The van der Waals surface area contributed by atoms with Gasteiger partial charge in [0.05, 0.1) is 16.9 Å². The minimum absolute atomic E-state index is 0. The maximum absolute atomic E-state index is 5.86. The van der Waals surface area contributed by atoms with Crippen molar-refractivity contribution in [3.05, 3.63) is 199 Å². The van der Waals surface area contributed by atoms with Gasteiger partial charge in [-0.05, 0) is 81.6 Å². The van der Waals surface area contributed by atoms with Gasteiger partial charge in [0.25, 0.3) is 0 Å². The first kappa shape index (κ1) is 39.8. The van der Waals surface area contributed by atoms with Gasteiger partial charge in [-0.1, -0.05) is 136 Å². The molecule has 0 bridgehead atoms.